The smallest absolute Gasteiger partial charge is 0.282 e. The first kappa shape index (κ1) is 16.8. The van der Waals surface area contributed by atoms with Crippen molar-refractivity contribution in [1.29, 1.82) is 0 Å². The van der Waals surface area contributed by atoms with Gasteiger partial charge in [-0.1, -0.05) is 0 Å². The van der Waals surface area contributed by atoms with E-state index in [-0.39, 0.29) is 5.91 Å². The highest BCUT2D eigenvalue weighted by atomic mass is 32.2. The van der Waals surface area contributed by atoms with E-state index in [1.807, 2.05) is 4.90 Å². The fraction of sp³-hybridized carbons (Fsp3) is 0.938. The quantitative estimate of drug-likeness (QED) is 0.725. The van der Waals surface area contributed by atoms with Crippen molar-refractivity contribution in [1.82, 2.24) is 13.5 Å². The van der Waals surface area contributed by atoms with Crippen molar-refractivity contribution in [3.05, 3.63) is 0 Å². The van der Waals surface area contributed by atoms with Crippen molar-refractivity contribution < 1.29 is 17.9 Å². The van der Waals surface area contributed by atoms with Gasteiger partial charge in [0, 0.05) is 39.3 Å². The molecule has 24 heavy (non-hydrogen) atoms. The predicted octanol–water partition coefficient (Wildman–Crippen LogP) is 0.288. The Morgan fingerprint density at radius 1 is 1.04 bits per heavy atom. The van der Waals surface area contributed by atoms with Gasteiger partial charge in [0.15, 0.2) is 0 Å². The highest BCUT2D eigenvalue weighted by molar-refractivity contribution is 7.86. The summed E-state index contributed by atoms with van der Waals surface area (Å²) in [6.07, 6.45) is 4.94. The Kier molecular flexibility index (Phi) is 4.35. The number of amides is 1. The van der Waals surface area contributed by atoms with Crippen molar-refractivity contribution in [2.24, 2.45) is 11.3 Å². The third-order valence-corrected chi connectivity index (χ3v) is 7.92. The maximum absolute atomic E-state index is 13.0. The molecule has 1 spiro atoms. The van der Waals surface area contributed by atoms with Crippen LogP contribution in [0.4, 0.5) is 0 Å². The van der Waals surface area contributed by atoms with Gasteiger partial charge in [-0.15, -0.1) is 0 Å². The van der Waals surface area contributed by atoms with Crippen LogP contribution < -0.4 is 0 Å². The largest absolute Gasteiger partial charge is 0.379 e. The number of morpholine rings is 1. The molecule has 0 radical (unpaired) electrons. The van der Waals surface area contributed by atoms with Gasteiger partial charge in [-0.25, -0.2) is 0 Å². The molecule has 4 aliphatic rings. The molecule has 3 saturated heterocycles. The summed E-state index contributed by atoms with van der Waals surface area (Å²) in [7, 11) is -3.47. The fourth-order valence-electron chi connectivity index (χ4n) is 4.29. The van der Waals surface area contributed by atoms with Crippen LogP contribution in [0.15, 0.2) is 0 Å². The molecule has 0 aromatic carbocycles. The van der Waals surface area contributed by atoms with Gasteiger partial charge >= 0.3 is 0 Å². The van der Waals surface area contributed by atoms with E-state index < -0.39 is 15.6 Å². The van der Waals surface area contributed by atoms with Crippen LogP contribution in [0.2, 0.25) is 0 Å². The first-order chi connectivity index (χ1) is 11.5. The van der Waals surface area contributed by atoms with Gasteiger partial charge in [0.05, 0.1) is 18.6 Å². The van der Waals surface area contributed by atoms with Crippen molar-refractivity contribution in [3.63, 3.8) is 0 Å². The Hall–Kier alpha value is -0.700. The average molecular weight is 357 g/mol. The minimum atomic E-state index is -3.47. The summed E-state index contributed by atoms with van der Waals surface area (Å²) in [4.78, 5) is 15.0. The molecule has 8 heteroatoms. The Balaban J connectivity index is 1.47. The summed E-state index contributed by atoms with van der Waals surface area (Å²) < 4.78 is 34.0. The van der Waals surface area contributed by atoms with Gasteiger partial charge in [-0.3, -0.25) is 4.79 Å². The molecule has 1 amide bonds. The number of likely N-dealkylation sites (tertiary alicyclic amines) is 1. The second kappa shape index (κ2) is 6.23. The van der Waals surface area contributed by atoms with Crippen LogP contribution in [0.25, 0.3) is 0 Å². The Morgan fingerprint density at radius 3 is 2.50 bits per heavy atom. The molecule has 0 unspecified atom stereocenters. The van der Waals surface area contributed by atoms with Crippen LogP contribution in [0.3, 0.4) is 0 Å². The molecule has 0 aromatic rings. The van der Waals surface area contributed by atoms with E-state index in [2.05, 4.69) is 0 Å². The normalized spacial score (nSPS) is 33.5. The predicted molar refractivity (Wildman–Crippen MR) is 88.5 cm³/mol. The summed E-state index contributed by atoms with van der Waals surface area (Å²) in [6.45, 7) is 4.25. The highest BCUT2D eigenvalue weighted by Gasteiger charge is 2.52. The zero-order valence-electron chi connectivity index (χ0n) is 14.2. The highest BCUT2D eigenvalue weighted by Crippen LogP contribution is 2.42. The van der Waals surface area contributed by atoms with Crippen LogP contribution in [0, 0.1) is 11.3 Å². The van der Waals surface area contributed by atoms with Crippen LogP contribution in [-0.4, -0.2) is 80.3 Å². The van der Waals surface area contributed by atoms with Crippen molar-refractivity contribution in [2.75, 3.05) is 52.5 Å². The number of carbonyl (C=O) groups excluding carboxylic acids is 1. The number of hydrogen-bond acceptors (Lipinski definition) is 4. The molecule has 3 aliphatic heterocycles. The number of ether oxygens (including phenoxy) is 1. The number of hydrogen-bond donors (Lipinski definition) is 0. The van der Waals surface area contributed by atoms with Crippen molar-refractivity contribution in [2.45, 2.75) is 32.1 Å². The molecule has 1 aliphatic carbocycles. The summed E-state index contributed by atoms with van der Waals surface area (Å²) in [5.41, 5.74) is -0.480. The Morgan fingerprint density at radius 2 is 1.79 bits per heavy atom. The van der Waals surface area contributed by atoms with Gasteiger partial charge in [0.2, 0.25) is 5.91 Å². The summed E-state index contributed by atoms with van der Waals surface area (Å²) in [5, 5.41) is 0. The standard InChI is InChI=1S/C16H27N3O4S/c20-15-16(4-1-6-17(15)12-14-2-3-14)5-7-19(13-16)24(21,22)18-8-10-23-11-9-18/h14H,1-13H2/t16-/m1/s1. The van der Waals surface area contributed by atoms with Gasteiger partial charge in [-0.2, -0.15) is 17.0 Å². The second-order valence-corrected chi connectivity index (χ2v) is 9.61. The molecule has 0 N–H and O–H groups in total. The lowest BCUT2D eigenvalue weighted by Gasteiger charge is -2.39. The summed E-state index contributed by atoms with van der Waals surface area (Å²) >= 11 is 0. The van der Waals surface area contributed by atoms with Crippen molar-refractivity contribution in [3.8, 4) is 0 Å². The number of nitrogens with zero attached hydrogens (tertiary/aromatic N) is 3. The van der Waals surface area contributed by atoms with E-state index in [0.717, 1.165) is 25.9 Å². The molecule has 7 nitrogen and oxygen atoms in total. The monoisotopic (exact) mass is 357 g/mol. The van der Waals surface area contributed by atoms with E-state index in [4.69, 9.17) is 4.74 Å². The first-order valence-corrected chi connectivity index (χ1v) is 10.5. The van der Waals surface area contributed by atoms with Gasteiger partial charge in [0.1, 0.15) is 0 Å². The van der Waals surface area contributed by atoms with E-state index in [1.165, 1.54) is 21.5 Å². The van der Waals surface area contributed by atoms with E-state index >= 15 is 0 Å². The zero-order chi connectivity index (χ0) is 16.8. The molecule has 1 atom stereocenters. The minimum Gasteiger partial charge on any atom is -0.379 e. The lowest BCUT2D eigenvalue weighted by molar-refractivity contribution is -0.145. The third-order valence-electron chi connectivity index (χ3n) is 5.94. The molecule has 136 valence electrons. The van der Waals surface area contributed by atoms with Crippen LogP contribution in [0.5, 0.6) is 0 Å². The van der Waals surface area contributed by atoms with E-state index in [0.29, 0.717) is 51.7 Å². The van der Waals surface area contributed by atoms with E-state index in [9.17, 15) is 13.2 Å². The Labute approximate surface area is 144 Å². The Bertz CT molecular complexity index is 600. The molecule has 3 heterocycles. The lowest BCUT2D eigenvalue weighted by atomic mass is 9.78. The molecule has 0 aromatic heterocycles. The fourth-order valence-corrected chi connectivity index (χ4v) is 5.96. The minimum absolute atomic E-state index is 0.195. The molecular weight excluding hydrogens is 330 g/mol. The zero-order valence-corrected chi connectivity index (χ0v) is 15.0. The molecular formula is C16H27N3O4S. The van der Waals surface area contributed by atoms with Crippen LogP contribution in [0.1, 0.15) is 32.1 Å². The SMILES string of the molecule is O=C1N(CC2CC2)CCC[C@]12CCN(S(=O)(=O)N1CCOCC1)C2. The topological polar surface area (TPSA) is 70.2 Å². The van der Waals surface area contributed by atoms with Gasteiger partial charge < -0.3 is 9.64 Å². The van der Waals surface area contributed by atoms with Gasteiger partial charge in [-0.05, 0) is 38.0 Å². The molecule has 4 fully saturated rings. The molecule has 4 rings (SSSR count). The van der Waals surface area contributed by atoms with Crippen molar-refractivity contribution >= 4 is 16.1 Å². The molecule has 0 bridgehead atoms. The number of piperidine rings is 1. The van der Waals surface area contributed by atoms with Crippen LogP contribution in [-0.2, 0) is 19.7 Å². The number of carbonyl (C=O) groups is 1. The van der Waals surface area contributed by atoms with Gasteiger partial charge in [0.25, 0.3) is 10.2 Å². The van der Waals surface area contributed by atoms with Crippen LogP contribution >= 0.6 is 0 Å². The maximum Gasteiger partial charge on any atom is 0.282 e. The first-order valence-electron chi connectivity index (χ1n) is 9.14. The molecule has 1 saturated carbocycles. The average Bonchev–Trinajstić information content (AvgIpc) is 3.30. The summed E-state index contributed by atoms with van der Waals surface area (Å²) in [6, 6.07) is 0. The number of rotatable bonds is 4. The van der Waals surface area contributed by atoms with E-state index in [1.54, 1.807) is 0 Å². The third kappa shape index (κ3) is 2.98. The lowest BCUT2D eigenvalue weighted by Crippen LogP contribution is -2.52. The summed E-state index contributed by atoms with van der Waals surface area (Å²) in [5.74, 6) is 0.874. The maximum atomic E-state index is 13.0. The second-order valence-electron chi connectivity index (χ2n) is 7.68.